The van der Waals surface area contributed by atoms with E-state index >= 15 is 0 Å². The first-order chi connectivity index (χ1) is 9.45. The molecule has 1 N–H and O–H groups in total. The Morgan fingerprint density at radius 1 is 1.25 bits per heavy atom. The average Bonchev–Trinajstić information content (AvgIpc) is 2.46. The number of hydrogen-bond acceptors (Lipinski definition) is 4. The van der Waals surface area contributed by atoms with Crippen molar-refractivity contribution in [3.63, 3.8) is 0 Å². The van der Waals surface area contributed by atoms with Crippen LogP contribution in [0.1, 0.15) is 0 Å². The molecular formula is C13H14FN3O2S. The summed E-state index contributed by atoms with van der Waals surface area (Å²) < 4.78 is 39.1. The van der Waals surface area contributed by atoms with Crippen molar-refractivity contribution in [3.8, 4) is 0 Å². The fraction of sp³-hybridized carbons (Fsp3) is 0.154. The van der Waals surface area contributed by atoms with E-state index in [1.165, 1.54) is 43.6 Å². The van der Waals surface area contributed by atoms with Crippen LogP contribution in [0, 0.1) is 5.82 Å². The van der Waals surface area contributed by atoms with Crippen LogP contribution >= 0.6 is 0 Å². The molecular weight excluding hydrogens is 281 g/mol. The number of rotatable bonds is 4. The maximum absolute atomic E-state index is 13.2. The third kappa shape index (κ3) is 2.72. The van der Waals surface area contributed by atoms with E-state index in [1.807, 2.05) is 0 Å². The molecule has 0 fully saturated rings. The van der Waals surface area contributed by atoms with Gasteiger partial charge < -0.3 is 5.32 Å². The predicted octanol–water partition coefficient (Wildman–Crippen LogP) is 2.09. The van der Waals surface area contributed by atoms with Gasteiger partial charge in [0.05, 0.1) is 10.6 Å². The zero-order chi connectivity index (χ0) is 14.8. The third-order valence-corrected chi connectivity index (χ3v) is 4.60. The van der Waals surface area contributed by atoms with Gasteiger partial charge in [0.25, 0.3) is 10.0 Å². The molecule has 0 aliphatic rings. The molecule has 0 atom stereocenters. The number of benzene rings is 1. The Balaban J connectivity index is 2.43. The molecule has 0 radical (unpaired) electrons. The highest BCUT2D eigenvalue weighted by Gasteiger charge is 2.22. The molecule has 2 rings (SSSR count). The van der Waals surface area contributed by atoms with Crippen LogP contribution in [-0.2, 0) is 10.0 Å². The Labute approximate surface area is 117 Å². The monoisotopic (exact) mass is 295 g/mol. The highest BCUT2D eigenvalue weighted by atomic mass is 32.2. The molecule has 0 bridgehead atoms. The van der Waals surface area contributed by atoms with Gasteiger partial charge in [0.2, 0.25) is 0 Å². The standard InChI is InChI=1S/C13H14FN3O2S/c1-15-13-9-12(6-7-16-13)20(18,19)17(2)11-5-3-4-10(14)8-11/h3-9H,1-2H3,(H,15,16). The highest BCUT2D eigenvalue weighted by molar-refractivity contribution is 7.92. The molecule has 0 aliphatic carbocycles. The highest BCUT2D eigenvalue weighted by Crippen LogP contribution is 2.23. The minimum atomic E-state index is -3.75. The van der Waals surface area contributed by atoms with Gasteiger partial charge in [-0.3, -0.25) is 4.31 Å². The SMILES string of the molecule is CNc1cc(S(=O)(=O)N(C)c2cccc(F)c2)ccn1. The van der Waals surface area contributed by atoms with Crippen LogP contribution in [0.2, 0.25) is 0 Å². The van der Waals surface area contributed by atoms with Gasteiger partial charge in [0.15, 0.2) is 0 Å². The number of nitrogens with one attached hydrogen (secondary N) is 1. The van der Waals surface area contributed by atoms with Gasteiger partial charge in [-0.1, -0.05) is 6.07 Å². The summed E-state index contributed by atoms with van der Waals surface area (Å²) in [5, 5.41) is 2.77. The lowest BCUT2D eigenvalue weighted by Gasteiger charge is -2.19. The second kappa shape index (κ2) is 5.46. The second-order valence-electron chi connectivity index (χ2n) is 4.08. The number of anilines is 2. The van der Waals surface area contributed by atoms with Crippen LogP contribution in [0.25, 0.3) is 0 Å². The summed E-state index contributed by atoms with van der Waals surface area (Å²) in [6, 6.07) is 8.23. The van der Waals surface area contributed by atoms with Crippen molar-refractivity contribution in [2.75, 3.05) is 23.7 Å². The third-order valence-electron chi connectivity index (χ3n) is 2.82. The predicted molar refractivity (Wildman–Crippen MR) is 75.8 cm³/mol. The molecule has 0 saturated carbocycles. The van der Waals surface area contributed by atoms with Gasteiger partial charge in [0, 0.05) is 26.4 Å². The van der Waals surface area contributed by atoms with E-state index in [0.717, 1.165) is 10.4 Å². The normalized spacial score (nSPS) is 11.2. The average molecular weight is 295 g/mol. The molecule has 5 nitrogen and oxygen atoms in total. The minimum Gasteiger partial charge on any atom is -0.373 e. The first-order valence-electron chi connectivity index (χ1n) is 5.83. The number of pyridine rings is 1. The first kappa shape index (κ1) is 14.3. The number of aromatic nitrogens is 1. The first-order valence-corrected chi connectivity index (χ1v) is 7.27. The minimum absolute atomic E-state index is 0.0867. The van der Waals surface area contributed by atoms with E-state index in [2.05, 4.69) is 10.3 Å². The van der Waals surface area contributed by atoms with E-state index in [-0.39, 0.29) is 10.6 Å². The lowest BCUT2D eigenvalue weighted by atomic mass is 10.3. The number of hydrogen-bond donors (Lipinski definition) is 1. The zero-order valence-electron chi connectivity index (χ0n) is 11.0. The van der Waals surface area contributed by atoms with Gasteiger partial charge in [-0.15, -0.1) is 0 Å². The summed E-state index contributed by atoms with van der Waals surface area (Å²) in [5.41, 5.74) is 0.257. The topological polar surface area (TPSA) is 62.3 Å². The smallest absolute Gasteiger partial charge is 0.264 e. The van der Waals surface area contributed by atoms with Crippen molar-refractivity contribution in [3.05, 3.63) is 48.4 Å². The molecule has 2 aromatic rings. The van der Waals surface area contributed by atoms with Crippen molar-refractivity contribution < 1.29 is 12.8 Å². The van der Waals surface area contributed by atoms with E-state index < -0.39 is 15.8 Å². The maximum Gasteiger partial charge on any atom is 0.264 e. The molecule has 106 valence electrons. The van der Waals surface area contributed by atoms with Crippen molar-refractivity contribution in [2.24, 2.45) is 0 Å². The summed E-state index contributed by atoms with van der Waals surface area (Å²) in [4.78, 5) is 4.05. The van der Waals surface area contributed by atoms with E-state index in [1.54, 1.807) is 7.05 Å². The van der Waals surface area contributed by atoms with Crippen LogP contribution in [0.5, 0.6) is 0 Å². The molecule has 0 amide bonds. The Bertz CT molecular complexity index is 719. The molecule has 0 spiro atoms. The molecule has 0 saturated heterocycles. The van der Waals surface area contributed by atoms with Gasteiger partial charge in [-0.2, -0.15) is 0 Å². The zero-order valence-corrected chi connectivity index (χ0v) is 11.9. The van der Waals surface area contributed by atoms with Gasteiger partial charge >= 0.3 is 0 Å². The van der Waals surface area contributed by atoms with Gasteiger partial charge in [-0.25, -0.2) is 17.8 Å². The largest absolute Gasteiger partial charge is 0.373 e. The molecule has 0 unspecified atom stereocenters. The quantitative estimate of drug-likeness (QED) is 0.938. The molecule has 0 aliphatic heterocycles. The number of nitrogens with zero attached hydrogens (tertiary/aromatic N) is 2. The summed E-state index contributed by atoms with van der Waals surface area (Å²) >= 11 is 0. The van der Waals surface area contributed by atoms with Crippen molar-refractivity contribution >= 4 is 21.5 Å². The molecule has 7 heteroatoms. The van der Waals surface area contributed by atoms with Gasteiger partial charge in [0.1, 0.15) is 11.6 Å². The molecule has 1 heterocycles. The summed E-state index contributed by atoms with van der Waals surface area (Å²) in [6.45, 7) is 0. The van der Waals surface area contributed by atoms with Crippen molar-refractivity contribution in [1.29, 1.82) is 0 Å². The van der Waals surface area contributed by atoms with Crippen LogP contribution in [-0.4, -0.2) is 27.5 Å². The second-order valence-corrected chi connectivity index (χ2v) is 6.05. The van der Waals surface area contributed by atoms with Crippen LogP contribution < -0.4 is 9.62 Å². The molecule has 1 aromatic heterocycles. The Morgan fingerprint density at radius 2 is 2.00 bits per heavy atom. The summed E-state index contributed by atoms with van der Waals surface area (Å²) in [6.07, 6.45) is 1.40. The fourth-order valence-corrected chi connectivity index (χ4v) is 2.88. The molecule has 1 aromatic carbocycles. The van der Waals surface area contributed by atoms with Crippen LogP contribution in [0.3, 0.4) is 0 Å². The van der Waals surface area contributed by atoms with E-state index in [0.29, 0.717) is 5.82 Å². The fourth-order valence-electron chi connectivity index (χ4n) is 1.68. The number of halogens is 1. The lowest BCUT2D eigenvalue weighted by Crippen LogP contribution is -2.26. The van der Waals surface area contributed by atoms with Crippen molar-refractivity contribution in [2.45, 2.75) is 4.90 Å². The van der Waals surface area contributed by atoms with Crippen LogP contribution in [0.4, 0.5) is 15.9 Å². The van der Waals surface area contributed by atoms with Gasteiger partial charge in [-0.05, 0) is 24.3 Å². The Hall–Kier alpha value is -2.15. The molecule has 20 heavy (non-hydrogen) atoms. The van der Waals surface area contributed by atoms with Crippen molar-refractivity contribution in [1.82, 2.24) is 4.98 Å². The summed E-state index contributed by atoms with van der Waals surface area (Å²) in [7, 11) is -0.728. The van der Waals surface area contributed by atoms with E-state index in [4.69, 9.17) is 0 Å². The van der Waals surface area contributed by atoms with E-state index in [9.17, 15) is 12.8 Å². The van der Waals surface area contributed by atoms with Crippen LogP contribution in [0.15, 0.2) is 47.5 Å². The maximum atomic E-state index is 13.2. The Morgan fingerprint density at radius 3 is 2.65 bits per heavy atom. The Kier molecular flexibility index (Phi) is 3.89. The number of sulfonamides is 1. The summed E-state index contributed by atoms with van der Waals surface area (Å²) in [5.74, 6) is -0.0473. The lowest BCUT2D eigenvalue weighted by molar-refractivity contribution is 0.594.